The van der Waals surface area contributed by atoms with E-state index in [-0.39, 0.29) is 16.7 Å². The van der Waals surface area contributed by atoms with Crippen LogP contribution in [0.3, 0.4) is 0 Å². The van der Waals surface area contributed by atoms with Gasteiger partial charge in [-0.2, -0.15) is 0 Å². The molecule has 0 unspecified atom stereocenters. The Morgan fingerprint density at radius 3 is 2.11 bits per heavy atom. The van der Waals surface area contributed by atoms with Crippen LogP contribution >= 0.6 is 0 Å². The molecular weight excluding hydrogens is 476 g/mol. The molecule has 0 heterocycles. The number of ether oxygens (including phenoxy) is 1. The van der Waals surface area contributed by atoms with Gasteiger partial charge in [0.15, 0.2) is 0 Å². The normalized spacial score (nSPS) is 24.4. The lowest BCUT2D eigenvalue weighted by Crippen LogP contribution is -2.61. The van der Waals surface area contributed by atoms with Crippen LogP contribution in [0.4, 0.5) is 5.69 Å². The molecule has 0 bridgehead atoms. The van der Waals surface area contributed by atoms with Crippen molar-refractivity contribution in [2.24, 2.45) is 5.73 Å². The topological polar surface area (TPSA) is 79.1 Å². The SMILES string of the molecule is COC1(CCN(C=O)[C@]2(CN(C)c3ccccc3C(N)=O)CC[C@](c3ccccc3)(N(C)C)CC2)CCC1. The molecule has 2 aromatic rings. The first kappa shape index (κ1) is 28.1. The third-order valence-electron chi connectivity index (χ3n) is 9.53. The summed E-state index contributed by atoms with van der Waals surface area (Å²) in [6.45, 7) is 1.28. The van der Waals surface area contributed by atoms with Gasteiger partial charge < -0.3 is 20.3 Å². The predicted molar refractivity (Wildman–Crippen MR) is 152 cm³/mol. The fourth-order valence-corrected chi connectivity index (χ4v) is 6.80. The molecule has 38 heavy (non-hydrogen) atoms. The summed E-state index contributed by atoms with van der Waals surface area (Å²) in [6, 6.07) is 18.2. The van der Waals surface area contributed by atoms with Crippen molar-refractivity contribution in [3.8, 4) is 0 Å². The Balaban J connectivity index is 1.66. The first-order valence-corrected chi connectivity index (χ1v) is 13.8. The van der Waals surface area contributed by atoms with Crippen molar-refractivity contribution in [2.45, 2.75) is 68.0 Å². The van der Waals surface area contributed by atoms with Gasteiger partial charge >= 0.3 is 0 Å². The summed E-state index contributed by atoms with van der Waals surface area (Å²) >= 11 is 0. The summed E-state index contributed by atoms with van der Waals surface area (Å²) in [4.78, 5) is 31.5. The molecule has 7 nitrogen and oxygen atoms in total. The number of methoxy groups -OCH3 is 1. The highest BCUT2D eigenvalue weighted by molar-refractivity contribution is 5.98. The Morgan fingerprint density at radius 2 is 1.58 bits per heavy atom. The van der Waals surface area contributed by atoms with Gasteiger partial charge in [-0.05, 0) is 83.2 Å². The lowest BCUT2D eigenvalue weighted by molar-refractivity contribution is -0.131. The summed E-state index contributed by atoms with van der Waals surface area (Å²) in [5.74, 6) is -0.444. The highest BCUT2D eigenvalue weighted by atomic mass is 16.5. The highest BCUT2D eigenvalue weighted by Gasteiger charge is 2.49. The molecule has 2 aliphatic carbocycles. The van der Waals surface area contributed by atoms with Crippen LogP contribution in [-0.4, -0.2) is 74.6 Å². The number of nitrogens with two attached hydrogens (primary N) is 1. The fraction of sp³-hybridized carbons (Fsp3) is 0.548. The summed E-state index contributed by atoms with van der Waals surface area (Å²) < 4.78 is 5.89. The molecule has 0 saturated heterocycles. The molecule has 2 amide bonds. The molecule has 7 heteroatoms. The van der Waals surface area contributed by atoms with Crippen LogP contribution in [0, 0.1) is 0 Å². The molecule has 0 aromatic heterocycles. The van der Waals surface area contributed by atoms with E-state index in [0.29, 0.717) is 18.7 Å². The van der Waals surface area contributed by atoms with E-state index in [2.05, 4.69) is 54.2 Å². The molecule has 0 spiro atoms. The monoisotopic (exact) mass is 520 g/mol. The maximum atomic E-state index is 12.8. The maximum absolute atomic E-state index is 12.8. The Hall–Kier alpha value is -2.90. The van der Waals surface area contributed by atoms with Crippen LogP contribution < -0.4 is 10.6 Å². The van der Waals surface area contributed by atoms with Gasteiger partial charge in [0.2, 0.25) is 6.41 Å². The van der Waals surface area contributed by atoms with E-state index in [0.717, 1.165) is 57.0 Å². The van der Waals surface area contributed by atoms with Crippen LogP contribution in [0.1, 0.15) is 67.3 Å². The number of carbonyl (C=O) groups excluding carboxylic acids is 2. The van der Waals surface area contributed by atoms with Gasteiger partial charge in [0.05, 0.1) is 16.7 Å². The van der Waals surface area contributed by atoms with Crippen LogP contribution in [0.2, 0.25) is 0 Å². The lowest BCUT2D eigenvalue weighted by Gasteiger charge is -2.54. The number of nitrogens with zero attached hydrogens (tertiary/aromatic N) is 3. The maximum Gasteiger partial charge on any atom is 0.250 e. The van der Waals surface area contributed by atoms with Gasteiger partial charge in [0, 0.05) is 38.5 Å². The van der Waals surface area contributed by atoms with Crippen LogP contribution in [-0.2, 0) is 15.1 Å². The number of carbonyl (C=O) groups is 2. The first-order chi connectivity index (χ1) is 18.2. The summed E-state index contributed by atoms with van der Waals surface area (Å²) in [5, 5.41) is 0. The van der Waals surface area contributed by atoms with Crippen molar-refractivity contribution in [2.75, 3.05) is 46.2 Å². The van der Waals surface area contributed by atoms with Crippen molar-refractivity contribution in [3.05, 3.63) is 65.7 Å². The zero-order valence-corrected chi connectivity index (χ0v) is 23.5. The number of amides is 2. The largest absolute Gasteiger partial charge is 0.378 e. The van der Waals surface area contributed by atoms with Crippen molar-refractivity contribution < 1.29 is 14.3 Å². The average molecular weight is 521 g/mol. The molecule has 2 aliphatic rings. The molecule has 4 rings (SSSR count). The van der Waals surface area contributed by atoms with E-state index < -0.39 is 5.91 Å². The number of para-hydroxylation sites is 1. The van der Waals surface area contributed by atoms with Crippen molar-refractivity contribution >= 4 is 18.0 Å². The lowest BCUT2D eigenvalue weighted by atomic mass is 9.67. The fourth-order valence-electron chi connectivity index (χ4n) is 6.80. The van der Waals surface area contributed by atoms with Gasteiger partial charge in [-0.3, -0.25) is 14.5 Å². The molecule has 0 aliphatic heterocycles. The van der Waals surface area contributed by atoms with Crippen LogP contribution in [0.15, 0.2) is 54.6 Å². The summed E-state index contributed by atoms with van der Waals surface area (Å²) in [6.07, 6.45) is 8.70. The van der Waals surface area contributed by atoms with Gasteiger partial charge in [-0.15, -0.1) is 0 Å². The second kappa shape index (κ2) is 11.5. The Morgan fingerprint density at radius 1 is 0.947 bits per heavy atom. The number of likely N-dealkylation sites (N-methyl/N-ethyl adjacent to an activating group) is 1. The minimum absolute atomic E-state index is 0.0925. The van der Waals surface area contributed by atoms with E-state index in [1.54, 1.807) is 13.2 Å². The van der Waals surface area contributed by atoms with Crippen molar-refractivity contribution in [1.82, 2.24) is 9.80 Å². The Kier molecular flexibility index (Phi) is 8.48. The summed E-state index contributed by atoms with van der Waals surface area (Å²) in [7, 11) is 8.11. The van der Waals surface area contributed by atoms with E-state index in [4.69, 9.17) is 10.5 Å². The molecular formula is C31H44N4O3. The second-order valence-electron chi connectivity index (χ2n) is 11.5. The number of primary amides is 1. The van der Waals surface area contributed by atoms with Gasteiger partial charge in [0.25, 0.3) is 5.91 Å². The number of rotatable bonds is 12. The van der Waals surface area contributed by atoms with Crippen molar-refractivity contribution in [3.63, 3.8) is 0 Å². The van der Waals surface area contributed by atoms with Crippen LogP contribution in [0.25, 0.3) is 0 Å². The Labute approximate surface area is 227 Å². The molecule has 206 valence electrons. The highest BCUT2D eigenvalue weighted by Crippen LogP contribution is 2.47. The molecule has 2 aromatic carbocycles. The first-order valence-electron chi connectivity index (χ1n) is 13.8. The molecule has 0 radical (unpaired) electrons. The quantitative estimate of drug-likeness (QED) is 0.420. The third kappa shape index (κ3) is 5.32. The number of hydrogen-bond acceptors (Lipinski definition) is 5. The van der Waals surface area contributed by atoms with Gasteiger partial charge in [0.1, 0.15) is 0 Å². The van der Waals surface area contributed by atoms with Crippen LogP contribution in [0.5, 0.6) is 0 Å². The van der Waals surface area contributed by atoms with E-state index in [1.807, 2.05) is 30.1 Å². The molecule has 0 atom stereocenters. The average Bonchev–Trinajstić information content (AvgIpc) is 2.91. The second-order valence-corrected chi connectivity index (χ2v) is 11.5. The molecule has 2 N–H and O–H groups in total. The number of benzene rings is 2. The van der Waals surface area contributed by atoms with E-state index >= 15 is 0 Å². The zero-order valence-electron chi connectivity index (χ0n) is 23.5. The summed E-state index contributed by atoms with van der Waals surface area (Å²) in [5.41, 5.74) is 7.74. The van der Waals surface area contributed by atoms with E-state index in [1.165, 1.54) is 12.0 Å². The van der Waals surface area contributed by atoms with E-state index in [9.17, 15) is 9.59 Å². The zero-order chi connectivity index (χ0) is 27.4. The van der Waals surface area contributed by atoms with Gasteiger partial charge in [-0.25, -0.2) is 0 Å². The third-order valence-corrected chi connectivity index (χ3v) is 9.53. The minimum Gasteiger partial charge on any atom is -0.378 e. The molecule has 2 fully saturated rings. The van der Waals surface area contributed by atoms with Gasteiger partial charge in [-0.1, -0.05) is 42.5 Å². The minimum atomic E-state index is -0.444. The smallest absolute Gasteiger partial charge is 0.250 e. The van der Waals surface area contributed by atoms with Crippen molar-refractivity contribution in [1.29, 1.82) is 0 Å². The standard InChI is InChI=1S/C31H44N4O3/c1-33(2)31(25-11-6-5-7-12-25)19-17-29(18-20-31,35(24-36)22-21-30(38-4)15-10-16-30)23-34(3)27-14-9-8-13-26(27)28(32)37/h5-9,11-14,24H,10,15-23H2,1-4H3,(H2,32,37)/t29-,31+. The number of hydrogen-bond donors (Lipinski definition) is 1. The Bertz CT molecular complexity index is 1090. The number of anilines is 1. The molecule has 2 saturated carbocycles. The predicted octanol–water partition coefficient (Wildman–Crippen LogP) is 4.41.